The topological polar surface area (TPSA) is 76.7 Å². The van der Waals surface area contributed by atoms with Gasteiger partial charge in [-0.1, -0.05) is 6.07 Å². The van der Waals surface area contributed by atoms with E-state index in [1.807, 2.05) is 25.1 Å². The number of benzene rings is 1. The Morgan fingerprint density at radius 2 is 1.83 bits per heavy atom. The Morgan fingerprint density at radius 3 is 2.43 bits per heavy atom. The summed E-state index contributed by atoms with van der Waals surface area (Å²) in [5.41, 5.74) is 0.996. The van der Waals surface area contributed by atoms with Gasteiger partial charge in [0, 0.05) is 19.5 Å². The molecule has 0 bridgehead atoms. The minimum Gasteiger partial charge on any atom is -0.493 e. The summed E-state index contributed by atoms with van der Waals surface area (Å²) in [5.74, 6) is 0.959. The lowest BCUT2D eigenvalue weighted by atomic mass is 10.1. The number of halogens is 1. The normalized spacial score (nSPS) is 10.0. The third kappa shape index (κ3) is 7.23. The number of aryl methyl sites for hydroxylation is 1. The van der Waals surface area contributed by atoms with Gasteiger partial charge in [-0.15, -0.1) is 11.6 Å². The smallest absolute Gasteiger partial charge is 0.234 e. The molecule has 128 valence electrons. The molecule has 0 aromatic heterocycles. The molecule has 2 amide bonds. The molecule has 0 aliphatic rings. The molecule has 0 atom stereocenters. The van der Waals surface area contributed by atoms with Crippen LogP contribution in [0.4, 0.5) is 0 Å². The maximum atomic E-state index is 11.7. The molecule has 23 heavy (non-hydrogen) atoms. The standard InChI is InChI=1S/C16H23ClN2O4/c1-3-23-13-6-4-12(10-14(13)22-2)5-7-15(20)18-8-9-19-16(21)11-17/h4,6,10H,3,5,7-9,11H2,1-2H3,(H,18,20)(H,19,21). The van der Waals surface area contributed by atoms with Crippen molar-refractivity contribution >= 4 is 23.4 Å². The predicted octanol–water partition coefficient (Wildman–Crippen LogP) is 1.50. The molecule has 0 aliphatic heterocycles. The molecule has 2 N–H and O–H groups in total. The Kier molecular flexibility index (Phi) is 8.90. The van der Waals surface area contributed by atoms with Crippen molar-refractivity contribution in [1.82, 2.24) is 10.6 Å². The highest BCUT2D eigenvalue weighted by molar-refractivity contribution is 6.27. The second-order valence-corrected chi connectivity index (χ2v) is 5.02. The number of carbonyl (C=O) groups is 2. The highest BCUT2D eigenvalue weighted by Crippen LogP contribution is 2.28. The van der Waals surface area contributed by atoms with E-state index in [9.17, 15) is 9.59 Å². The lowest BCUT2D eigenvalue weighted by Crippen LogP contribution is -2.35. The fraction of sp³-hybridized carbons (Fsp3) is 0.500. The second-order valence-electron chi connectivity index (χ2n) is 4.75. The van der Waals surface area contributed by atoms with E-state index in [0.29, 0.717) is 44.0 Å². The molecule has 0 heterocycles. The van der Waals surface area contributed by atoms with Crippen LogP contribution in [0.3, 0.4) is 0 Å². The molecule has 0 saturated carbocycles. The van der Waals surface area contributed by atoms with E-state index in [0.717, 1.165) is 5.56 Å². The maximum absolute atomic E-state index is 11.7. The van der Waals surface area contributed by atoms with Crippen LogP contribution in [-0.2, 0) is 16.0 Å². The van der Waals surface area contributed by atoms with Gasteiger partial charge in [-0.2, -0.15) is 0 Å². The van der Waals surface area contributed by atoms with Crippen LogP contribution >= 0.6 is 11.6 Å². The first-order valence-electron chi connectivity index (χ1n) is 7.49. The Labute approximate surface area is 141 Å². The molecule has 0 fully saturated rings. The summed E-state index contributed by atoms with van der Waals surface area (Å²) in [5, 5.41) is 5.32. The summed E-state index contributed by atoms with van der Waals surface area (Å²) < 4.78 is 10.7. The first-order valence-corrected chi connectivity index (χ1v) is 8.03. The minimum atomic E-state index is -0.248. The van der Waals surface area contributed by atoms with E-state index in [1.54, 1.807) is 7.11 Å². The van der Waals surface area contributed by atoms with Crippen molar-refractivity contribution in [1.29, 1.82) is 0 Å². The molecule has 7 heteroatoms. The van der Waals surface area contributed by atoms with Crippen LogP contribution in [0.1, 0.15) is 18.9 Å². The number of rotatable bonds is 10. The third-order valence-corrected chi connectivity index (χ3v) is 3.30. The zero-order valence-corrected chi connectivity index (χ0v) is 14.2. The van der Waals surface area contributed by atoms with Gasteiger partial charge in [0.15, 0.2) is 11.5 Å². The Bertz CT molecular complexity index is 523. The van der Waals surface area contributed by atoms with Gasteiger partial charge in [-0.3, -0.25) is 9.59 Å². The van der Waals surface area contributed by atoms with Crippen LogP contribution in [0.2, 0.25) is 0 Å². The van der Waals surface area contributed by atoms with E-state index in [2.05, 4.69) is 10.6 Å². The third-order valence-electron chi connectivity index (χ3n) is 3.06. The van der Waals surface area contributed by atoms with E-state index in [-0.39, 0.29) is 17.7 Å². The van der Waals surface area contributed by atoms with Gasteiger partial charge in [0.25, 0.3) is 0 Å². The van der Waals surface area contributed by atoms with Crippen LogP contribution in [0.25, 0.3) is 0 Å². The molecular weight excluding hydrogens is 320 g/mol. The van der Waals surface area contributed by atoms with Gasteiger partial charge in [-0.25, -0.2) is 0 Å². The quantitative estimate of drug-likeness (QED) is 0.499. The zero-order valence-electron chi connectivity index (χ0n) is 13.5. The van der Waals surface area contributed by atoms with Crippen LogP contribution < -0.4 is 20.1 Å². The second kappa shape index (κ2) is 10.7. The van der Waals surface area contributed by atoms with E-state index < -0.39 is 0 Å². The number of hydrogen-bond donors (Lipinski definition) is 2. The number of amides is 2. The first kappa shape index (κ1) is 19.1. The molecule has 0 saturated heterocycles. The molecular formula is C16H23ClN2O4. The highest BCUT2D eigenvalue weighted by atomic mass is 35.5. The van der Waals surface area contributed by atoms with E-state index >= 15 is 0 Å². The molecule has 0 aliphatic carbocycles. The minimum absolute atomic E-state index is 0.0713. The van der Waals surface area contributed by atoms with Gasteiger partial charge in [0.2, 0.25) is 11.8 Å². The lowest BCUT2D eigenvalue weighted by molar-refractivity contribution is -0.122. The molecule has 1 aromatic carbocycles. The summed E-state index contributed by atoms with van der Waals surface area (Å²) in [6, 6.07) is 5.64. The van der Waals surface area contributed by atoms with Gasteiger partial charge in [-0.05, 0) is 31.0 Å². The van der Waals surface area contributed by atoms with Crippen LogP contribution in [0, 0.1) is 0 Å². The fourth-order valence-corrected chi connectivity index (χ4v) is 2.03. The van der Waals surface area contributed by atoms with E-state index in [4.69, 9.17) is 21.1 Å². The molecule has 0 spiro atoms. The predicted molar refractivity (Wildman–Crippen MR) is 89.2 cm³/mol. The summed E-state index contributed by atoms with van der Waals surface area (Å²) in [7, 11) is 1.59. The Balaban J connectivity index is 2.36. The largest absolute Gasteiger partial charge is 0.493 e. The van der Waals surface area contributed by atoms with Crippen molar-refractivity contribution in [3.05, 3.63) is 23.8 Å². The van der Waals surface area contributed by atoms with Crippen LogP contribution in [-0.4, -0.2) is 44.5 Å². The average molecular weight is 343 g/mol. The number of carbonyl (C=O) groups excluding carboxylic acids is 2. The number of hydrogen-bond acceptors (Lipinski definition) is 4. The molecule has 0 unspecified atom stereocenters. The van der Waals surface area contributed by atoms with Gasteiger partial charge >= 0.3 is 0 Å². The monoisotopic (exact) mass is 342 g/mol. The number of alkyl halides is 1. The Morgan fingerprint density at radius 1 is 1.13 bits per heavy atom. The van der Waals surface area contributed by atoms with E-state index in [1.165, 1.54) is 0 Å². The molecule has 1 rings (SSSR count). The summed E-state index contributed by atoms with van der Waals surface area (Å²) in [6.07, 6.45) is 0.962. The molecule has 1 aromatic rings. The number of nitrogens with one attached hydrogen (secondary N) is 2. The van der Waals surface area contributed by atoms with Gasteiger partial charge in [0.1, 0.15) is 5.88 Å². The van der Waals surface area contributed by atoms with Gasteiger partial charge in [0.05, 0.1) is 13.7 Å². The number of ether oxygens (including phenoxy) is 2. The number of methoxy groups -OCH3 is 1. The highest BCUT2D eigenvalue weighted by Gasteiger charge is 2.07. The van der Waals surface area contributed by atoms with Crippen molar-refractivity contribution in [3.63, 3.8) is 0 Å². The van der Waals surface area contributed by atoms with Crippen LogP contribution in [0.5, 0.6) is 11.5 Å². The lowest BCUT2D eigenvalue weighted by Gasteiger charge is -2.11. The summed E-state index contributed by atoms with van der Waals surface area (Å²) in [4.78, 5) is 22.7. The molecule has 0 radical (unpaired) electrons. The van der Waals surface area contributed by atoms with Crippen molar-refractivity contribution in [3.8, 4) is 11.5 Å². The van der Waals surface area contributed by atoms with Crippen molar-refractivity contribution in [2.75, 3.05) is 32.7 Å². The SMILES string of the molecule is CCOc1ccc(CCC(=O)NCCNC(=O)CCl)cc1OC. The average Bonchev–Trinajstić information content (AvgIpc) is 2.57. The van der Waals surface area contributed by atoms with Crippen molar-refractivity contribution in [2.45, 2.75) is 19.8 Å². The Hall–Kier alpha value is -1.95. The van der Waals surface area contributed by atoms with Crippen LogP contribution in [0.15, 0.2) is 18.2 Å². The van der Waals surface area contributed by atoms with Crippen molar-refractivity contribution < 1.29 is 19.1 Å². The van der Waals surface area contributed by atoms with Crippen molar-refractivity contribution in [2.24, 2.45) is 0 Å². The first-order chi connectivity index (χ1) is 11.1. The maximum Gasteiger partial charge on any atom is 0.234 e. The molecule has 6 nitrogen and oxygen atoms in total. The van der Waals surface area contributed by atoms with Gasteiger partial charge < -0.3 is 20.1 Å². The summed E-state index contributed by atoms with van der Waals surface area (Å²) >= 11 is 5.35. The zero-order chi connectivity index (χ0) is 17.1. The fourth-order valence-electron chi connectivity index (χ4n) is 1.94. The summed E-state index contributed by atoms with van der Waals surface area (Å²) in [6.45, 7) is 3.23.